The van der Waals surface area contributed by atoms with Crippen molar-refractivity contribution >= 4 is 17.9 Å². The van der Waals surface area contributed by atoms with Gasteiger partial charge in [-0.05, 0) is 41.5 Å². The molecule has 4 aromatic carbocycles. The van der Waals surface area contributed by atoms with E-state index < -0.39 is 30.1 Å². The summed E-state index contributed by atoms with van der Waals surface area (Å²) in [5.74, 6) is -1.24. The number of alkyl carbamates (subject to hydrolysis) is 1. The van der Waals surface area contributed by atoms with Gasteiger partial charge < -0.3 is 25.4 Å². The number of likely N-dealkylation sites (tertiary alicyclic amines) is 1. The van der Waals surface area contributed by atoms with Crippen molar-refractivity contribution in [2.24, 2.45) is 0 Å². The molecule has 3 N–H and O–H groups in total. The molecule has 8 heteroatoms. The molecule has 1 aliphatic rings. The van der Waals surface area contributed by atoms with Crippen LogP contribution in [-0.2, 0) is 27.4 Å². The lowest BCUT2D eigenvalue weighted by Gasteiger charge is -2.33. The minimum absolute atomic E-state index is 0.0492. The minimum atomic E-state index is -1.05. The Kier molecular flexibility index (Phi) is 11.0. The van der Waals surface area contributed by atoms with Gasteiger partial charge in [-0.2, -0.15) is 0 Å². The normalized spacial score (nSPS) is 15.7. The maximum atomic E-state index is 14.5. The molecule has 5 rings (SSSR count). The van der Waals surface area contributed by atoms with E-state index in [9.17, 15) is 19.5 Å². The van der Waals surface area contributed by atoms with Crippen LogP contribution in [-0.4, -0.2) is 59.2 Å². The Morgan fingerprint density at radius 1 is 0.756 bits per heavy atom. The van der Waals surface area contributed by atoms with Crippen molar-refractivity contribution in [2.45, 2.75) is 49.9 Å². The Morgan fingerprint density at radius 2 is 1.29 bits per heavy atom. The van der Waals surface area contributed by atoms with Crippen molar-refractivity contribution in [3.05, 3.63) is 144 Å². The van der Waals surface area contributed by atoms with Crippen LogP contribution >= 0.6 is 0 Å². The Balaban J connectivity index is 1.40. The molecular weight excluding hydrogens is 566 g/mol. The van der Waals surface area contributed by atoms with Crippen molar-refractivity contribution in [2.75, 3.05) is 13.2 Å². The van der Waals surface area contributed by atoms with E-state index in [-0.39, 0.29) is 25.0 Å². The number of rotatable bonds is 12. The first-order valence-electron chi connectivity index (χ1n) is 15.4. The molecule has 8 nitrogen and oxygen atoms in total. The summed E-state index contributed by atoms with van der Waals surface area (Å²) in [5, 5.41) is 15.9. The second kappa shape index (κ2) is 15.7. The van der Waals surface area contributed by atoms with Gasteiger partial charge in [-0.3, -0.25) is 9.59 Å². The fraction of sp³-hybridized carbons (Fsp3) is 0.270. The minimum Gasteiger partial charge on any atom is -0.445 e. The number of amides is 3. The van der Waals surface area contributed by atoms with Crippen LogP contribution in [0.4, 0.5) is 4.79 Å². The fourth-order valence-corrected chi connectivity index (χ4v) is 5.92. The van der Waals surface area contributed by atoms with E-state index in [2.05, 4.69) is 10.6 Å². The zero-order chi connectivity index (χ0) is 31.4. The van der Waals surface area contributed by atoms with Crippen LogP contribution in [0.15, 0.2) is 121 Å². The molecule has 0 spiro atoms. The molecule has 0 unspecified atom stereocenters. The van der Waals surface area contributed by atoms with Crippen molar-refractivity contribution in [1.82, 2.24) is 15.5 Å². The molecule has 1 saturated heterocycles. The Morgan fingerprint density at radius 3 is 1.84 bits per heavy atom. The molecule has 3 amide bonds. The van der Waals surface area contributed by atoms with Crippen molar-refractivity contribution in [3.8, 4) is 0 Å². The molecule has 232 valence electrons. The molecule has 45 heavy (non-hydrogen) atoms. The lowest BCUT2D eigenvalue weighted by Crippen LogP contribution is -2.56. The second-order valence-electron chi connectivity index (χ2n) is 11.3. The summed E-state index contributed by atoms with van der Waals surface area (Å²) in [6, 6.07) is 35.8. The summed E-state index contributed by atoms with van der Waals surface area (Å²) >= 11 is 0. The third kappa shape index (κ3) is 8.37. The molecule has 3 atom stereocenters. The molecule has 0 saturated carbocycles. The van der Waals surface area contributed by atoms with Gasteiger partial charge in [0, 0.05) is 12.5 Å². The van der Waals surface area contributed by atoms with Crippen LogP contribution in [0.1, 0.15) is 41.0 Å². The molecule has 1 aliphatic heterocycles. The number of aliphatic hydroxyl groups is 1. The third-order valence-electron chi connectivity index (χ3n) is 8.13. The number of carbonyl (C=O) groups excluding carboxylic acids is 3. The zero-order valence-corrected chi connectivity index (χ0v) is 25.1. The molecule has 1 fully saturated rings. The first kappa shape index (κ1) is 31.5. The first-order valence-corrected chi connectivity index (χ1v) is 15.4. The van der Waals surface area contributed by atoms with Gasteiger partial charge >= 0.3 is 6.09 Å². The molecule has 0 aliphatic carbocycles. The van der Waals surface area contributed by atoms with Crippen LogP contribution in [0.5, 0.6) is 0 Å². The van der Waals surface area contributed by atoms with Gasteiger partial charge in [0.2, 0.25) is 11.8 Å². The molecule has 4 aromatic rings. The van der Waals surface area contributed by atoms with Gasteiger partial charge in [-0.25, -0.2) is 4.79 Å². The number of hydrogen-bond donors (Lipinski definition) is 3. The van der Waals surface area contributed by atoms with E-state index in [1.807, 2.05) is 121 Å². The van der Waals surface area contributed by atoms with E-state index >= 15 is 0 Å². The summed E-state index contributed by atoms with van der Waals surface area (Å²) in [6.45, 7) is 0.184. The highest BCUT2D eigenvalue weighted by molar-refractivity contribution is 5.93. The van der Waals surface area contributed by atoms with Crippen LogP contribution < -0.4 is 10.6 Å². The highest BCUT2D eigenvalue weighted by Gasteiger charge is 2.42. The standard InChI is InChI=1S/C37H39N3O5/c41-25-31(24-27-14-5-1-6-15-27)38-35(42)32-22-13-23-40(32)36(43)34(39-37(44)45-26-28-16-7-2-8-17-28)33(29-18-9-3-10-19-29)30-20-11-4-12-21-30/h1-12,14-21,31-34,41H,13,22-26H2,(H,38,42)(H,39,44)/t31-,32+,34+/m1/s1. The van der Waals surface area contributed by atoms with Gasteiger partial charge in [-0.1, -0.05) is 121 Å². The fourth-order valence-electron chi connectivity index (χ4n) is 5.92. The summed E-state index contributed by atoms with van der Waals surface area (Å²) in [5.41, 5.74) is 3.49. The molecule has 1 heterocycles. The van der Waals surface area contributed by atoms with Crippen LogP contribution in [0.2, 0.25) is 0 Å². The molecule has 0 radical (unpaired) electrons. The average Bonchev–Trinajstić information content (AvgIpc) is 3.59. The lowest BCUT2D eigenvalue weighted by molar-refractivity contribution is -0.140. The highest BCUT2D eigenvalue weighted by atomic mass is 16.5. The number of ether oxygens (including phenoxy) is 1. The highest BCUT2D eigenvalue weighted by Crippen LogP contribution is 2.31. The van der Waals surface area contributed by atoms with E-state index in [1.165, 1.54) is 0 Å². The zero-order valence-electron chi connectivity index (χ0n) is 25.1. The summed E-state index contributed by atoms with van der Waals surface area (Å²) in [6.07, 6.45) is 0.856. The maximum Gasteiger partial charge on any atom is 0.408 e. The van der Waals surface area contributed by atoms with Gasteiger partial charge in [0.15, 0.2) is 0 Å². The maximum absolute atomic E-state index is 14.5. The SMILES string of the molecule is O=C(N[C@H](C(=O)N1CCC[C@H]1C(=O)N[C@@H](CO)Cc1ccccc1)C(c1ccccc1)c1ccccc1)OCc1ccccc1. The van der Waals surface area contributed by atoms with E-state index in [0.717, 1.165) is 22.3 Å². The first-order chi connectivity index (χ1) is 22.0. The van der Waals surface area contributed by atoms with E-state index in [4.69, 9.17) is 4.74 Å². The summed E-state index contributed by atoms with van der Waals surface area (Å²) < 4.78 is 5.56. The van der Waals surface area contributed by atoms with Gasteiger partial charge in [-0.15, -0.1) is 0 Å². The van der Waals surface area contributed by atoms with Gasteiger partial charge in [0.1, 0.15) is 18.7 Å². The lowest BCUT2D eigenvalue weighted by atomic mass is 9.84. The predicted molar refractivity (Wildman–Crippen MR) is 172 cm³/mol. The van der Waals surface area contributed by atoms with Crippen molar-refractivity contribution in [3.63, 3.8) is 0 Å². The Hall–Kier alpha value is -4.95. The quantitative estimate of drug-likeness (QED) is 0.215. The monoisotopic (exact) mass is 605 g/mol. The van der Waals surface area contributed by atoms with E-state index in [1.54, 1.807) is 4.90 Å². The molecule has 0 bridgehead atoms. The summed E-state index contributed by atoms with van der Waals surface area (Å²) in [4.78, 5) is 43.0. The number of carbonyl (C=O) groups is 3. The largest absolute Gasteiger partial charge is 0.445 e. The van der Waals surface area contributed by atoms with Crippen molar-refractivity contribution in [1.29, 1.82) is 0 Å². The predicted octanol–water partition coefficient (Wildman–Crippen LogP) is 4.82. The number of nitrogens with one attached hydrogen (secondary N) is 2. The summed E-state index contributed by atoms with van der Waals surface area (Å²) in [7, 11) is 0. The van der Waals surface area contributed by atoms with Crippen LogP contribution in [0, 0.1) is 0 Å². The Labute approximate surface area is 264 Å². The molecule has 0 aromatic heterocycles. The average molecular weight is 606 g/mol. The van der Waals surface area contributed by atoms with Gasteiger partial charge in [0.25, 0.3) is 0 Å². The Bertz CT molecular complexity index is 1480. The van der Waals surface area contributed by atoms with Crippen LogP contribution in [0.3, 0.4) is 0 Å². The number of benzene rings is 4. The topological polar surface area (TPSA) is 108 Å². The third-order valence-corrected chi connectivity index (χ3v) is 8.13. The van der Waals surface area contributed by atoms with Crippen molar-refractivity contribution < 1.29 is 24.2 Å². The number of aliphatic hydroxyl groups excluding tert-OH is 1. The second-order valence-corrected chi connectivity index (χ2v) is 11.3. The van der Waals surface area contributed by atoms with Crippen LogP contribution in [0.25, 0.3) is 0 Å². The number of nitrogens with zero attached hydrogens (tertiary/aromatic N) is 1. The van der Waals surface area contributed by atoms with E-state index in [0.29, 0.717) is 25.8 Å². The smallest absolute Gasteiger partial charge is 0.408 e. The van der Waals surface area contributed by atoms with Gasteiger partial charge in [0.05, 0.1) is 12.6 Å². The number of hydrogen-bond acceptors (Lipinski definition) is 5. The molecular formula is C37H39N3O5.